The zero-order valence-electron chi connectivity index (χ0n) is 12.5. The largest absolute Gasteiger partial charge is 0.340 e. The van der Waals surface area contributed by atoms with E-state index in [1.54, 1.807) is 11.0 Å². The molecular formula is C17H16Cl2N2O2. The van der Waals surface area contributed by atoms with Crippen molar-refractivity contribution in [3.63, 3.8) is 0 Å². The number of likely N-dealkylation sites (tertiary alicyclic amines) is 1. The summed E-state index contributed by atoms with van der Waals surface area (Å²) in [7, 11) is 0. The average molecular weight is 351 g/mol. The van der Waals surface area contributed by atoms with Crippen LogP contribution in [0.15, 0.2) is 37.1 Å². The maximum atomic E-state index is 12.3. The van der Waals surface area contributed by atoms with Crippen LogP contribution in [0, 0.1) is 5.92 Å². The van der Waals surface area contributed by atoms with Crippen LogP contribution in [0.25, 0.3) is 10.9 Å². The molecule has 0 bridgehead atoms. The molecule has 120 valence electrons. The fourth-order valence-corrected chi connectivity index (χ4v) is 3.32. The Morgan fingerprint density at radius 2 is 2.00 bits per heavy atom. The first-order valence-corrected chi connectivity index (χ1v) is 8.11. The molecule has 2 aromatic rings. The summed E-state index contributed by atoms with van der Waals surface area (Å²) in [5, 5.41) is 1.86. The van der Waals surface area contributed by atoms with E-state index in [-0.39, 0.29) is 17.6 Å². The number of rotatable bonds is 5. The second-order valence-electron chi connectivity index (χ2n) is 5.79. The molecule has 0 spiro atoms. The first-order chi connectivity index (χ1) is 11.0. The molecule has 1 amide bonds. The monoisotopic (exact) mass is 350 g/mol. The Hall–Kier alpha value is -1.78. The van der Waals surface area contributed by atoms with E-state index < -0.39 is 0 Å². The second-order valence-corrected chi connectivity index (χ2v) is 6.58. The number of ketones is 1. The number of carbonyl (C=O) groups is 2. The van der Waals surface area contributed by atoms with Gasteiger partial charge in [0.2, 0.25) is 5.91 Å². The third-order valence-corrected chi connectivity index (χ3v) is 4.97. The van der Waals surface area contributed by atoms with Crippen LogP contribution >= 0.6 is 23.2 Å². The molecule has 0 aliphatic carbocycles. The summed E-state index contributed by atoms with van der Waals surface area (Å²) in [5.74, 6) is 0.312. The highest BCUT2D eigenvalue weighted by Gasteiger charge is 2.30. The molecule has 6 heteroatoms. The number of halogens is 2. The molecule has 4 nitrogen and oxygen atoms in total. The molecule has 2 heterocycles. The maximum absolute atomic E-state index is 12.3. The first-order valence-electron chi connectivity index (χ1n) is 7.35. The summed E-state index contributed by atoms with van der Waals surface area (Å²) in [6.07, 6.45) is 3.62. The molecule has 1 aromatic heterocycles. The SMILES string of the molecule is C=CC(=O)N1CC(CC(=O)Cn2ccc3c(Cl)c(Cl)ccc32)C1. The van der Waals surface area contributed by atoms with E-state index in [4.69, 9.17) is 23.2 Å². The van der Waals surface area contributed by atoms with Crippen LogP contribution < -0.4 is 0 Å². The van der Waals surface area contributed by atoms with E-state index in [0.29, 0.717) is 36.1 Å². The second kappa shape index (κ2) is 6.38. The zero-order valence-corrected chi connectivity index (χ0v) is 14.0. The van der Waals surface area contributed by atoms with Crippen molar-refractivity contribution in [1.82, 2.24) is 9.47 Å². The van der Waals surface area contributed by atoms with Crippen LogP contribution in [0.5, 0.6) is 0 Å². The molecule has 1 fully saturated rings. The Morgan fingerprint density at radius 1 is 1.26 bits per heavy atom. The molecule has 0 saturated carbocycles. The highest BCUT2D eigenvalue weighted by atomic mass is 35.5. The number of hydrogen-bond donors (Lipinski definition) is 0. The minimum Gasteiger partial charge on any atom is -0.340 e. The van der Waals surface area contributed by atoms with Gasteiger partial charge in [0.15, 0.2) is 5.78 Å². The lowest BCUT2D eigenvalue weighted by Crippen LogP contribution is -2.50. The number of hydrogen-bond acceptors (Lipinski definition) is 2. The minimum absolute atomic E-state index is 0.0726. The standard InChI is InChI=1S/C17H16Cl2N2O2/c1-2-16(23)21-8-11(9-21)7-12(22)10-20-6-5-13-15(20)4-3-14(18)17(13)19/h2-6,11H,1,7-10H2. The van der Waals surface area contributed by atoms with Gasteiger partial charge in [0.1, 0.15) is 0 Å². The molecule has 23 heavy (non-hydrogen) atoms. The molecule has 1 aromatic carbocycles. The Morgan fingerprint density at radius 3 is 2.70 bits per heavy atom. The van der Waals surface area contributed by atoms with Crippen LogP contribution in [-0.4, -0.2) is 34.2 Å². The summed E-state index contributed by atoms with van der Waals surface area (Å²) < 4.78 is 1.88. The molecule has 1 saturated heterocycles. The number of aromatic nitrogens is 1. The van der Waals surface area contributed by atoms with E-state index >= 15 is 0 Å². The lowest BCUT2D eigenvalue weighted by molar-refractivity contribution is -0.134. The quantitative estimate of drug-likeness (QED) is 0.773. The zero-order chi connectivity index (χ0) is 16.6. The van der Waals surface area contributed by atoms with Crippen LogP contribution in [0.2, 0.25) is 10.0 Å². The van der Waals surface area contributed by atoms with Crippen LogP contribution in [0.1, 0.15) is 6.42 Å². The van der Waals surface area contributed by atoms with Crippen LogP contribution in [-0.2, 0) is 16.1 Å². The highest BCUT2D eigenvalue weighted by molar-refractivity contribution is 6.45. The lowest BCUT2D eigenvalue weighted by Gasteiger charge is -2.38. The Kier molecular flexibility index (Phi) is 4.46. The Labute approximate surface area is 144 Å². The summed E-state index contributed by atoms with van der Waals surface area (Å²) >= 11 is 12.2. The predicted octanol–water partition coefficient (Wildman–Crippen LogP) is 3.55. The predicted molar refractivity (Wildman–Crippen MR) is 91.8 cm³/mol. The molecule has 3 rings (SSSR count). The van der Waals surface area contributed by atoms with Gasteiger partial charge in [0, 0.05) is 37.0 Å². The average Bonchev–Trinajstić information content (AvgIpc) is 2.89. The fraction of sp³-hybridized carbons (Fsp3) is 0.294. The van der Waals surface area contributed by atoms with E-state index in [2.05, 4.69) is 6.58 Å². The molecule has 1 aliphatic heterocycles. The van der Waals surface area contributed by atoms with Crippen molar-refractivity contribution in [1.29, 1.82) is 0 Å². The molecular weight excluding hydrogens is 335 g/mol. The van der Waals surface area contributed by atoms with Crippen molar-refractivity contribution in [2.24, 2.45) is 5.92 Å². The fourth-order valence-electron chi connectivity index (χ4n) is 2.93. The van der Waals surface area contributed by atoms with Gasteiger partial charge >= 0.3 is 0 Å². The summed E-state index contributed by atoms with van der Waals surface area (Å²) in [6, 6.07) is 5.47. The van der Waals surface area contributed by atoms with Gasteiger partial charge in [-0.3, -0.25) is 9.59 Å². The van der Waals surface area contributed by atoms with Crippen LogP contribution in [0.3, 0.4) is 0 Å². The van der Waals surface area contributed by atoms with Crippen molar-refractivity contribution in [2.75, 3.05) is 13.1 Å². The summed E-state index contributed by atoms with van der Waals surface area (Å²) in [5.41, 5.74) is 0.893. The number of amides is 1. The topological polar surface area (TPSA) is 42.3 Å². The van der Waals surface area contributed by atoms with Crippen molar-refractivity contribution in [3.05, 3.63) is 47.1 Å². The number of carbonyl (C=O) groups excluding carboxylic acids is 2. The van der Waals surface area contributed by atoms with Gasteiger partial charge in [-0.1, -0.05) is 29.8 Å². The number of benzene rings is 1. The lowest BCUT2D eigenvalue weighted by atomic mass is 9.94. The van der Waals surface area contributed by atoms with Gasteiger partial charge in [-0.2, -0.15) is 0 Å². The molecule has 0 unspecified atom stereocenters. The van der Waals surface area contributed by atoms with E-state index in [1.807, 2.05) is 22.9 Å². The van der Waals surface area contributed by atoms with Gasteiger partial charge in [0.25, 0.3) is 0 Å². The van der Waals surface area contributed by atoms with Gasteiger partial charge in [-0.15, -0.1) is 0 Å². The van der Waals surface area contributed by atoms with Crippen molar-refractivity contribution < 1.29 is 9.59 Å². The number of nitrogens with zero attached hydrogens (tertiary/aromatic N) is 2. The third-order valence-electron chi connectivity index (χ3n) is 4.15. The van der Waals surface area contributed by atoms with Gasteiger partial charge in [-0.05, 0) is 24.3 Å². The van der Waals surface area contributed by atoms with Gasteiger partial charge < -0.3 is 9.47 Å². The Balaban J connectivity index is 1.62. The van der Waals surface area contributed by atoms with Crippen molar-refractivity contribution >= 4 is 45.8 Å². The third kappa shape index (κ3) is 3.14. The highest BCUT2D eigenvalue weighted by Crippen LogP contribution is 2.31. The molecule has 0 atom stereocenters. The van der Waals surface area contributed by atoms with Gasteiger partial charge in [0.05, 0.1) is 22.1 Å². The first kappa shape index (κ1) is 16.1. The normalized spacial score (nSPS) is 14.8. The van der Waals surface area contributed by atoms with E-state index in [1.165, 1.54) is 6.08 Å². The number of fused-ring (bicyclic) bond motifs is 1. The summed E-state index contributed by atoms with van der Waals surface area (Å²) in [4.78, 5) is 25.3. The van der Waals surface area contributed by atoms with Crippen molar-refractivity contribution in [2.45, 2.75) is 13.0 Å². The summed E-state index contributed by atoms with van der Waals surface area (Å²) in [6.45, 7) is 5.02. The Bertz CT molecular complexity index is 791. The molecule has 1 aliphatic rings. The van der Waals surface area contributed by atoms with E-state index in [9.17, 15) is 9.59 Å². The molecule has 0 N–H and O–H groups in total. The van der Waals surface area contributed by atoms with Crippen LogP contribution in [0.4, 0.5) is 0 Å². The smallest absolute Gasteiger partial charge is 0.245 e. The number of Topliss-reactive ketones (excluding diaryl/α,β-unsaturated/α-hetero) is 1. The minimum atomic E-state index is -0.0726. The molecule has 0 radical (unpaired) electrons. The van der Waals surface area contributed by atoms with Gasteiger partial charge in [-0.25, -0.2) is 0 Å². The van der Waals surface area contributed by atoms with Crippen molar-refractivity contribution in [3.8, 4) is 0 Å². The van der Waals surface area contributed by atoms with E-state index in [0.717, 1.165) is 10.9 Å². The maximum Gasteiger partial charge on any atom is 0.245 e.